The van der Waals surface area contributed by atoms with Gasteiger partial charge in [-0.2, -0.15) is 0 Å². The lowest BCUT2D eigenvalue weighted by Crippen LogP contribution is -2.38. The zero-order chi connectivity index (χ0) is 9.42. The van der Waals surface area contributed by atoms with E-state index in [4.69, 9.17) is 22.1 Å². The van der Waals surface area contributed by atoms with Gasteiger partial charge in [-0.25, -0.2) is 0 Å². The Balaban J connectivity index is 2.49. The molecule has 0 saturated carbocycles. The zero-order valence-corrected chi connectivity index (χ0v) is 7.66. The van der Waals surface area contributed by atoms with Gasteiger partial charge in [0, 0.05) is 5.56 Å². The van der Waals surface area contributed by atoms with E-state index in [1.165, 1.54) is 0 Å². The molecule has 0 fully saturated rings. The first-order valence-electron chi connectivity index (χ1n) is 4.05. The first-order valence-corrected chi connectivity index (χ1v) is 4.43. The van der Waals surface area contributed by atoms with Gasteiger partial charge in [0.1, 0.15) is 18.5 Å². The van der Waals surface area contributed by atoms with E-state index in [0.717, 1.165) is 0 Å². The van der Waals surface area contributed by atoms with E-state index < -0.39 is 6.10 Å². The second-order valence-electron chi connectivity index (χ2n) is 3.08. The minimum Gasteiger partial charge on any atom is -0.490 e. The number of hydrogen-bond donors (Lipinski definition) is 2. The van der Waals surface area contributed by atoms with Gasteiger partial charge in [0.05, 0.1) is 11.1 Å². The molecule has 1 aromatic carbocycles. The summed E-state index contributed by atoms with van der Waals surface area (Å²) in [4.78, 5) is 0. The lowest BCUT2D eigenvalue weighted by Gasteiger charge is -2.27. The van der Waals surface area contributed by atoms with E-state index in [1.807, 2.05) is 0 Å². The molecule has 1 aliphatic heterocycles. The second kappa shape index (κ2) is 3.18. The number of halogens is 1. The maximum absolute atomic E-state index is 9.69. The van der Waals surface area contributed by atoms with Crippen molar-refractivity contribution in [1.29, 1.82) is 0 Å². The summed E-state index contributed by atoms with van der Waals surface area (Å²) in [5.74, 6) is 0.554. The van der Waals surface area contributed by atoms with Gasteiger partial charge < -0.3 is 15.6 Å². The summed E-state index contributed by atoms with van der Waals surface area (Å²) in [5, 5.41) is 10.2. The standard InChI is InChI=1S/C9H10ClNO2/c10-6-3-1-2-5-8(12)7(11)4-13-9(5)6/h1-3,7-8,12H,4,11H2/t7-,8-/m0/s1. The molecule has 1 aliphatic rings. The van der Waals surface area contributed by atoms with Crippen LogP contribution in [0.4, 0.5) is 0 Å². The van der Waals surface area contributed by atoms with Gasteiger partial charge in [0.25, 0.3) is 0 Å². The van der Waals surface area contributed by atoms with Crippen LogP contribution in [0, 0.1) is 0 Å². The van der Waals surface area contributed by atoms with E-state index in [9.17, 15) is 5.11 Å². The lowest BCUT2D eigenvalue weighted by molar-refractivity contribution is 0.0916. The van der Waals surface area contributed by atoms with Crippen LogP contribution in [0.5, 0.6) is 5.75 Å². The number of nitrogens with two attached hydrogens (primary N) is 1. The van der Waals surface area contributed by atoms with Crippen molar-refractivity contribution in [1.82, 2.24) is 0 Å². The maximum Gasteiger partial charge on any atom is 0.143 e. The summed E-state index contributed by atoms with van der Waals surface area (Å²) in [6, 6.07) is 4.90. The average Bonchev–Trinajstić information content (AvgIpc) is 2.12. The van der Waals surface area contributed by atoms with Crippen LogP contribution in [0.2, 0.25) is 5.02 Å². The SMILES string of the molecule is N[C@H]1COc2c(Cl)cccc2[C@@H]1O. The quantitative estimate of drug-likeness (QED) is 0.658. The summed E-state index contributed by atoms with van der Waals surface area (Å²) in [6.45, 7) is 0.303. The normalized spacial score (nSPS) is 26.4. The first kappa shape index (κ1) is 8.81. The number of rotatable bonds is 0. The van der Waals surface area contributed by atoms with Crippen LogP contribution in [-0.2, 0) is 0 Å². The minimum absolute atomic E-state index is 0.303. The van der Waals surface area contributed by atoms with Crippen LogP contribution in [0.25, 0.3) is 0 Å². The van der Waals surface area contributed by atoms with E-state index in [1.54, 1.807) is 18.2 Å². The summed E-state index contributed by atoms with van der Waals surface area (Å²) in [5.41, 5.74) is 6.30. The van der Waals surface area contributed by atoms with Crippen molar-refractivity contribution in [3.63, 3.8) is 0 Å². The van der Waals surface area contributed by atoms with Crippen LogP contribution >= 0.6 is 11.6 Å². The third-order valence-corrected chi connectivity index (χ3v) is 2.44. The van der Waals surface area contributed by atoms with Gasteiger partial charge in [-0.05, 0) is 6.07 Å². The fourth-order valence-corrected chi connectivity index (χ4v) is 1.65. The van der Waals surface area contributed by atoms with Crippen LogP contribution in [0.1, 0.15) is 11.7 Å². The third kappa shape index (κ3) is 1.39. The largest absolute Gasteiger partial charge is 0.490 e. The Morgan fingerprint density at radius 1 is 1.54 bits per heavy atom. The molecule has 0 amide bonds. The Morgan fingerprint density at radius 3 is 3.08 bits per heavy atom. The molecule has 3 N–H and O–H groups in total. The zero-order valence-electron chi connectivity index (χ0n) is 6.90. The average molecular weight is 200 g/mol. The van der Waals surface area contributed by atoms with Gasteiger partial charge in [-0.1, -0.05) is 23.7 Å². The fraction of sp³-hybridized carbons (Fsp3) is 0.333. The van der Waals surface area contributed by atoms with Crippen LogP contribution in [-0.4, -0.2) is 17.8 Å². The lowest BCUT2D eigenvalue weighted by atomic mass is 10.00. The highest BCUT2D eigenvalue weighted by molar-refractivity contribution is 6.32. The predicted molar refractivity (Wildman–Crippen MR) is 49.9 cm³/mol. The van der Waals surface area contributed by atoms with Gasteiger partial charge in [-0.3, -0.25) is 0 Å². The molecule has 0 saturated heterocycles. The third-order valence-electron chi connectivity index (χ3n) is 2.14. The highest BCUT2D eigenvalue weighted by Crippen LogP contribution is 2.36. The van der Waals surface area contributed by atoms with Gasteiger partial charge in [-0.15, -0.1) is 0 Å². The Bertz CT molecular complexity index is 329. The molecule has 3 nitrogen and oxygen atoms in total. The molecule has 1 heterocycles. The first-order chi connectivity index (χ1) is 6.20. The summed E-state index contributed by atoms with van der Waals surface area (Å²) < 4.78 is 5.32. The number of hydrogen-bond acceptors (Lipinski definition) is 3. The monoisotopic (exact) mass is 199 g/mol. The topological polar surface area (TPSA) is 55.5 Å². The molecule has 0 aromatic heterocycles. The number of aliphatic hydroxyl groups excluding tert-OH is 1. The van der Waals surface area contributed by atoms with E-state index in [2.05, 4.69) is 0 Å². The smallest absolute Gasteiger partial charge is 0.143 e. The molecule has 0 radical (unpaired) electrons. The molecule has 0 spiro atoms. The van der Waals surface area contributed by atoms with Gasteiger partial charge in [0.15, 0.2) is 0 Å². The van der Waals surface area contributed by atoms with Gasteiger partial charge >= 0.3 is 0 Å². The summed E-state index contributed by atoms with van der Waals surface area (Å²) >= 11 is 5.88. The molecule has 2 rings (SSSR count). The number of fused-ring (bicyclic) bond motifs is 1. The summed E-state index contributed by atoms with van der Waals surface area (Å²) in [6.07, 6.45) is -0.678. The van der Waals surface area contributed by atoms with Crippen molar-refractivity contribution in [2.75, 3.05) is 6.61 Å². The number of benzene rings is 1. The molecule has 0 aliphatic carbocycles. The molecular formula is C9H10ClNO2. The van der Waals surface area contributed by atoms with Crippen molar-refractivity contribution >= 4 is 11.6 Å². The Kier molecular flexibility index (Phi) is 2.15. The number of para-hydroxylation sites is 1. The molecule has 13 heavy (non-hydrogen) atoms. The van der Waals surface area contributed by atoms with E-state index in [-0.39, 0.29) is 6.04 Å². The van der Waals surface area contributed by atoms with Crippen LogP contribution in [0.3, 0.4) is 0 Å². The molecule has 0 bridgehead atoms. The minimum atomic E-state index is -0.678. The molecule has 2 atom stereocenters. The van der Waals surface area contributed by atoms with Gasteiger partial charge in [0.2, 0.25) is 0 Å². The van der Waals surface area contributed by atoms with Crippen molar-refractivity contribution in [2.45, 2.75) is 12.1 Å². The molecule has 4 heteroatoms. The molecule has 0 unspecified atom stereocenters. The molecular weight excluding hydrogens is 190 g/mol. The summed E-state index contributed by atoms with van der Waals surface area (Å²) in [7, 11) is 0. The van der Waals surface area contributed by atoms with Crippen molar-refractivity contribution in [2.24, 2.45) is 5.73 Å². The van der Waals surface area contributed by atoms with E-state index in [0.29, 0.717) is 22.9 Å². The number of aliphatic hydroxyl groups is 1. The van der Waals surface area contributed by atoms with Crippen molar-refractivity contribution in [3.8, 4) is 5.75 Å². The molecule has 70 valence electrons. The van der Waals surface area contributed by atoms with Crippen LogP contribution < -0.4 is 10.5 Å². The van der Waals surface area contributed by atoms with Crippen molar-refractivity contribution in [3.05, 3.63) is 28.8 Å². The second-order valence-corrected chi connectivity index (χ2v) is 3.49. The van der Waals surface area contributed by atoms with Crippen molar-refractivity contribution < 1.29 is 9.84 Å². The van der Waals surface area contributed by atoms with Crippen LogP contribution in [0.15, 0.2) is 18.2 Å². The Morgan fingerprint density at radius 2 is 2.31 bits per heavy atom. The Hall–Kier alpha value is -0.770. The molecule has 1 aromatic rings. The Labute approximate surface area is 81.1 Å². The number of ether oxygens (including phenoxy) is 1. The fourth-order valence-electron chi connectivity index (χ4n) is 1.41. The highest BCUT2D eigenvalue weighted by atomic mass is 35.5. The maximum atomic E-state index is 9.69. The van der Waals surface area contributed by atoms with E-state index >= 15 is 0 Å². The highest BCUT2D eigenvalue weighted by Gasteiger charge is 2.27. The predicted octanol–water partition coefficient (Wildman–Crippen LogP) is 1.09.